The van der Waals surface area contributed by atoms with E-state index in [4.69, 9.17) is 16.3 Å². The summed E-state index contributed by atoms with van der Waals surface area (Å²) in [6.07, 6.45) is 0. The van der Waals surface area contributed by atoms with E-state index in [1.165, 1.54) is 16.4 Å². The minimum absolute atomic E-state index is 0. The molecule has 0 saturated heterocycles. The molecule has 0 atom stereocenters. The van der Waals surface area contributed by atoms with Gasteiger partial charge in [-0.25, -0.2) is 4.79 Å². The predicted molar refractivity (Wildman–Crippen MR) is 91.1 cm³/mol. The van der Waals surface area contributed by atoms with Gasteiger partial charge in [0.25, 0.3) is 5.56 Å². The number of carbonyl (C=O) groups is 1. The summed E-state index contributed by atoms with van der Waals surface area (Å²) in [5.74, 6) is -0.555. The number of methoxy groups -OCH3 is 1. The van der Waals surface area contributed by atoms with Gasteiger partial charge >= 0.3 is 5.97 Å². The lowest BCUT2D eigenvalue weighted by Crippen LogP contribution is -2.21. The topological polar surface area (TPSA) is 66.1 Å². The zero-order chi connectivity index (χ0) is 16.6. The molecule has 2 heterocycles. The highest BCUT2D eigenvalue weighted by molar-refractivity contribution is 6.35. The maximum Gasteiger partial charge on any atom is 0.357 e. The van der Waals surface area contributed by atoms with Gasteiger partial charge in [-0.2, -0.15) is 5.10 Å². The van der Waals surface area contributed by atoms with Crippen molar-refractivity contribution >= 4 is 17.6 Å². The zero-order valence-corrected chi connectivity index (χ0v) is 14.0. The first-order valence-electron chi connectivity index (χ1n) is 6.85. The van der Waals surface area contributed by atoms with Gasteiger partial charge in [-0.1, -0.05) is 19.0 Å². The number of nitrogens with zero attached hydrogens (tertiary/aromatic N) is 3. The zero-order valence-electron chi connectivity index (χ0n) is 13.2. The van der Waals surface area contributed by atoms with Crippen LogP contribution in [0.2, 0.25) is 5.02 Å². The fraction of sp³-hybridized carbons (Fsp3) is 0.438. The van der Waals surface area contributed by atoms with E-state index in [1.54, 1.807) is 20.0 Å². The fourth-order valence-corrected chi connectivity index (χ4v) is 2.84. The minimum atomic E-state index is -0.555. The Bertz CT molecular complexity index is 806. The fourth-order valence-electron chi connectivity index (χ4n) is 2.54. The Labute approximate surface area is 140 Å². The molecule has 6 nitrogen and oxygen atoms in total. The van der Waals surface area contributed by atoms with Crippen LogP contribution in [-0.2, 0) is 18.3 Å². The summed E-state index contributed by atoms with van der Waals surface area (Å²) in [6, 6.07) is 1.79. The molecule has 0 saturated carbocycles. The molecular formula is C16H22ClN3O3. The highest BCUT2D eigenvalue weighted by Crippen LogP contribution is 2.31. The van der Waals surface area contributed by atoms with E-state index in [2.05, 4.69) is 5.10 Å². The molecule has 0 bridgehead atoms. The molecule has 2 aromatic heterocycles. The molecular weight excluding hydrogens is 318 g/mol. The van der Waals surface area contributed by atoms with E-state index in [0.29, 0.717) is 23.5 Å². The quantitative estimate of drug-likeness (QED) is 0.806. The van der Waals surface area contributed by atoms with Crippen LogP contribution in [0.1, 0.15) is 36.0 Å². The van der Waals surface area contributed by atoms with Crippen LogP contribution in [0, 0.1) is 13.8 Å². The van der Waals surface area contributed by atoms with Crippen molar-refractivity contribution in [3.05, 3.63) is 38.3 Å². The molecule has 0 unspecified atom stereocenters. The average molecular weight is 340 g/mol. The molecule has 0 spiro atoms. The number of pyridine rings is 1. The second kappa shape index (κ2) is 7.00. The van der Waals surface area contributed by atoms with Crippen molar-refractivity contribution in [1.82, 2.24) is 14.3 Å². The number of carbonyl (C=O) groups excluding carboxylic acids is 1. The first-order chi connectivity index (χ1) is 10.3. The highest BCUT2D eigenvalue weighted by atomic mass is 35.5. The Hall–Kier alpha value is -2.08. The number of aromatic nitrogens is 3. The van der Waals surface area contributed by atoms with Crippen molar-refractivity contribution < 1.29 is 9.53 Å². The average Bonchev–Trinajstić information content (AvgIpc) is 2.81. The van der Waals surface area contributed by atoms with Crippen molar-refractivity contribution in [2.75, 3.05) is 7.11 Å². The lowest BCUT2D eigenvalue weighted by molar-refractivity contribution is 0.0587. The number of hydrogen-bond donors (Lipinski definition) is 0. The van der Waals surface area contributed by atoms with Crippen LogP contribution < -0.4 is 5.56 Å². The lowest BCUT2D eigenvalue weighted by Gasteiger charge is -2.11. The largest absolute Gasteiger partial charge is 0.464 e. The number of ether oxygens (including phenoxy) is 1. The molecule has 0 radical (unpaired) electrons. The van der Waals surface area contributed by atoms with Crippen molar-refractivity contribution in [2.45, 2.75) is 34.7 Å². The summed E-state index contributed by atoms with van der Waals surface area (Å²) >= 11 is 6.35. The summed E-state index contributed by atoms with van der Waals surface area (Å²) in [4.78, 5) is 24.1. The summed E-state index contributed by atoms with van der Waals surface area (Å²) in [5, 5.41) is 4.57. The number of esters is 1. The van der Waals surface area contributed by atoms with Gasteiger partial charge in [0.05, 0.1) is 12.8 Å². The van der Waals surface area contributed by atoms with Gasteiger partial charge in [0, 0.05) is 19.2 Å². The van der Waals surface area contributed by atoms with Crippen LogP contribution >= 0.6 is 11.6 Å². The molecule has 0 amide bonds. The molecule has 0 aromatic carbocycles. The third kappa shape index (κ3) is 3.03. The Balaban J connectivity index is 0.00000264. The summed E-state index contributed by atoms with van der Waals surface area (Å²) in [6.45, 7) is 5.94. The number of aryl methyl sites for hydroxylation is 3. The van der Waals surface area contributed by atoms with Crippen LogP contribution in [0.25, 0.3) is 11.4 Å². The van der Waals surface area contributed by atoms with E-state index in [-0.39, 0.29) is 23.7 Å². The highest BCUT2D eigenvalue weighted by Gasteiger charge is 2.25. The van der Waals surface area contributed by atoms with Gasteiger partial charge in [-0.15, -0.1) is 0 Å². The number of rotatable bonds is 3. The molecule has 23 heavy (non-hydrogen) atoms. The maximum absolute atomic E-state index is 12.2. The second-order valence-corrected chi connectivity index (χ2v) is 5.42. The summed E-state index contributed by atoms with van der Waals surface area (Å²) in [5.41, 5.74) is 2.57. The molecule has 0 aliphatic carbocycles. The van der Waals surface area contributed by atoms with E-state index in [0.717, 1.165) is 5.56 Å². The third-order valence-electron chi connectivity index (χ3n) is 3.58. The van der Waals surface area contributed by atoms with Crippen LogP contribution in [0.3, 0.4) is 0 Å². The van der Waals surface area contributed by atoms with Crippen LogP contribution in [0.5, 0.6) is 0 Å². The van der Waals surface area contributed by atoms with Gasteiger partial charge in [-0.3, -0.25) is 9.48 Å². The normalized spacial score (nSPS) is 10.3. The third-order valence-corrected chi connectivity index (χ3v) is 3.94. The first-order valence-corrected chi connectivity index (χ1v) is 7.23. The van der Waals surface area contributed by atoms with E-state index in [9.17, 15) is 9.59 Å². The smallest absolute Gasteiger partial charge is 0.357 e. The first kappa shape index (κ1) is 19.0. The van der Waals surface area contributed by atoms with Crippen molar-refractivity contribution in [1.29, 1.82) is 0 Å². The van der Waals surface area contributed by atoms with Crippen LogP contribution in [-0.4, -0.2) is 27.4 Å². The lowest BCUT2D eigenvalue weighted by atomic mass is 10.1. The Morgan fingerprint density at radius 1 is 1.35 bits per heavy atom. The number of halogens is 1. The van der Waals surface area contributed by atoms with Gasteiger partial charge < -0.3 is 9.30 Å². The SMILES string of the molecule is C.CCn1nc(-c2c(C)cc(C)c(=O)n2C)c(Cl)c1C(=O)OC. The van der Waals surface area contributed by atoms with Gasteiger partial charge in [0.1, 0.15) is 10.7 Å². The Morgan fingerprint density at radius 2 is 1.96 bits per heavy atom. The van der Waals surface area contributed by atoms with E-state index >= 15 is 0 Å². The molecule has 126 valence electrons. The van der Waals surface area contributed by atoms with Crippen LogP contribution in [0.15, 0.2) is 10.9 Å². The molecule has 0 aliphatic rings. The van der Waals surface area contributed by atoms with Crippen molar-refractivity contribution in [3.8, 4) is 11.4 Å². The standard InChI is InChI=1S/C15H18ClN3O3.CH4/c1-6-19-13(15(21)22-5)10(16)11(17-19)12-8(2)7-9(3)14(20)18(12)4;/h7H,6H2,1-5H3;1H4. The summed E-state index contributed by atoms with van der Waals surface area (Å²) < 4.78 is 7.74. The molecule has 0 aliphatic heterocycles. The second-order valence-electron chi connectivity index (χ2n) is 5.04. The minimum Gasteiger partial charge on any atom is -0.464 e. The molecule has 2 rings (SSSR count). The van der Waals surface area contributed by atoms with Crippen molar-refractivity contribution in [2.24, 2.45) is 7.05 Å². The van der Waals surface area contributed by atoms with Crippen LogP contribution in [0.4, 0.5) is 0 Å². The molecule has 2 aromatic rings. The monoisotopic (exact) mass is 339 g/mol. The van der Waals surface area contributed by atoms with E-state index in [1.807, 2.05) is 13.8 Å². The Kier molecular flexibility index (Phi) is 5.77. The maximum atomic E-state index is 12.2. The van der Waals surface area contributed by atoms with Gasteiger partial charge in [-0.05, 0) is 32.4 Å². The summed E-state index contributed by atoms with van der Waals surface area (Å²) in [7, 11) is 2.95. The number of hydrogen-bond acceptors (Lipinski definition) is 4. The molecule has 0 N–H and O–H groups in total. The van der Waals surface area contributed by atoms with Crippen molar-refractivity contribution in [3.63, 3.8) is 0 Å². The van der Waals surface area contributed by atoms with E-state index < -0.39 is 5.97 Å². The van der Waals surface area contributed by atoms with Gasteiger partial charge in [0.15, 0.2) is 5.69 Å². The Morgan fingerprint density at radius 3 is 2.48 bits per heavy atom. The molecule has 0 fully saturated rings. The predicted octanol–water partition coefficient (Wildman–Crippen LogP) is 2.96. The van der Waals surface area contributed by atoms with Gasteiger partial charge in [0.2, 0.25) is 0 Å². The molecule has 7 heteroatoms.